The number of piperazine rings is 1. The highest BCUT2D eigenvalue weighted by Crippen LogP contribution is 2.33. The maximum Gasteiger partial charge on any atom is 0.0802 e. The Labute approximate surface area is 141 Å². The van der Waals surface area contributed by atoms with Gasteiger partial charge in [0.1, 0.15) is 0 Å². The lowest BCUT2D eigenvalue weighted by atomic mass is 9.84. The molecule has 2 aliphatic rings. The third-order valence-electron chi connectivity index (χ3n) is 5.71. The van der Waals surface area contributed by atoms with Crippen molar-refractivity contribution < 1.29 is 5.11 Å². The molecule has 3 nitrogen and oxygen atoms in total. The molecule has 0 aromatic heterocycles. The minimum atomic E-state index is -0.324. The van der Waals surface area contributed by atoms with Gasteiger partial charge in [-0.05, 0) is 43.4 Å². The minimum absolute atomic E-state index is 0.324. The van der Waals surface area contributed by atoms with E-state index in [0.29, 0.717) is 0 Å². The summed E-state index contributed by atoms with van der Waals surface area (Å²) in [6.07, 6.45) is 7.35. The standard InChI is InChI=1S/C20H32N2O/c1-21-13-15-22(16-14-21)12-11-20(23)19-9-7-18(8-10-19)17-5-3-2-4-6-17/h7-10,17,20,23H,2-6,11-16H2,1H3. The highest BCUT2D eigenvalue weighted by Gasteiger charge is 2.17. The van der Waals surface area contributed by atoms with Crippen LogP contribution in [0.5, 0.6) is 0 Å². The maximum absolute atomic E-state index is 10.5. The van der Waals surface area contributed by atoms with Crippen molar-refractivity contribution in [2.24, 2.45) is 0 Å². The zero-order chi connectivity index (χ0) is 16.1. The summed E-state index contributed by atoms with van der Waals surface area (Å²) >= 11 is 0. The summed E-state index contributed by atoms with van der Waals surface area (Å²) in [5.74, 6) is 0.750. The van der Waals surface area contributed by atoms with Crippen LogP contribution < -0.4 is 0 Å². The molecular weight excluding hydrogens is 284 g/mol. The second-order valence-electron chi connectivity index (χ2n) is 7.45. The largest absolute Gasteiger partial charge is 0.388 e. The molecule has 128 valence electrons. The van der Waals surface area contributed by atoms with Crippen LogP contribution >= 0.6 is 0 Å². The van der Waals surface area contributed by atoms with E-state index < -0.39 is 0 Å². The molecule has 1 saturated heterocycles. The molecule has 0 bridgehead atoms. The fourth-order valence-corrected chi connectivity index (χ4v) is 3.97. The number of hydrogen-bond donors (Lipinski definition) is 1. The lowest BCUT2D eigenvalue weighted by molar-refractivity contribution is 0.113. The van der Waals surface area contributed by atoms with Gasteiger partial charge in [-0.25, -0.2) is 0 Å². The molecule has 1 aliphatic heterocycles. The second-order valence-corrected chi connectivity index (χ2v) is 7.45. The Morgan fingerprint density at radius 2 is 1.65 bits per heavy atom. The molecule has 3 rings (SSSR count). The molecule has 1 atom stereocenters. The van der Waals surface area contributed by atoms with E-state index in [1.54, 1.807) is 0 Å². The van der Waals surface area contributed by atoms with Gasteiger partial charge in [0.15, 0.2) is 0 Å². The summed E-state index contributed by atoms with van der Waals surface area (Å²) in [6.45, 7) is 5.55. The van der Waals surface area contributed by atoms with E-state index in [2.05, 4.69) is 41.1 Å². The predicted molar refractivity (Wildman–Crippen MR) is 95.8 cm³/mol. The SMILES string of the molecule is CN1CCN(CCC(O)c2ccc(C3CCCCC3)cc2)CC1. The Bertz CT molecular complexity index is 459. The minimum Gasteiger partial charge on any atom is -0.388 e. The molecule has 0 spiro atoms. The van der Waals surface area contributed by atoms with E-state index in [9.17, 15) is 5.11 Å². The van der Waals surface area contributed by atoms with Gasteiger partial charge in [0.25, 0.3) is 0 Å². The van der Waals surface area contributed by atoms with Crippen molar-refractivity contribution in [3.05, 3.63) is 35.4 Å². The van der Waals surface area contributed by atoms with Crippen molar-refractivity contribution in [3.8, 4) is 0 Å². The smallest absolute Gasteiger partial charge is 0.0802 e. The highest BCUT2D eigenvalue weighted by atomic mass is 16.3. The van der Waals surface area contributed by atoms with Crippen molar-refractivity contribution in [2.75, 3.05) is 39.8 Å². The molecular formula is C20H32N2O. The summed E-state index contributed by atoms with van der Waals surface area (Å²) in [5, 5.41) is 10.5. The lowest BCUT2D eigenvalue weighted by Crippen LogP contribution is -2.44. The van der Waals surface area contributed by atoms with E-state index >= 15 is 0 Å². The zero-order valence-electron chi connectivity index (χ0n) is 14.6. The van der Waals surface area contributed by atoms with Crippen LogP contribution in [0.3, 0.4) is 0 Å². The normalized spacial score (nSPS) is 23.0. The van der Waals surface area contributed by atoms with Crippen LogP contribution in [-0.4, -0.2) is 54.7 Å². The van der Waals surface area contributed by atoms with Gasteiger partial charge in [-0.3, -0.25) is 0 Å². The summed E-state index contributed by atoms with van der Waals surface area (Å²) in [5.41, 5.74) is 2.55. The Morgan fingerprint density at radius 3 is 2.30 bits per heavy atom. The molecule has 1 heterocycles. The number of benzene rings is 1. The Morgan fingerprint density at radius 1 is 1.00 bits per heavy atom. The van der Waals surface area contributed by atoms with Gasteiger partial charge in [0.05, 0.1) is 6.10 Å². The Hall–Kier alpha value is -0.900. The van der Waals surface area contributed by atoms with Gasteiger partial charge < -0.3 is 14.9 Å². The fraction of sp³-hybridized carbons (Fsp3) is 0.700. The van der Waals surface area contributed by atoms with E-state index in [1.165, 1.54) is 37.7 Å². The van der Waals surface area contributed by atoms with Gasteiger partial charge >= 0.3 is 0 Å². The molecule has 1 unspecified atom stereocenters. The summed E-state index contributed by atoms with van der Waals surface area (Å²) in [7, 11) is 2.18. The first-order chi connectivity index (χ1) is 11.2. The topological polar surface area (TPSA) is 26.7 Å². The van der Waals surface area contributed by atoms with Crippen LogP contribution in [0.15, 0.2) is 24.3 Å². The summed E-state index contributed by atoms with van der Waals surface area (Å²) in [4.78, 5) is 4.84. The number of aliphatic hydroxyl groups is 1. The van der Waals surface area contributed by atoms with Gasteiger partial charge in [-0.15, -0.1) is 0 Å². The van der Waals surface area contributed by atoms with Crippen LogP contribution in [0.1, 0.15) is 61.7 Å². The molecule has 0 amide bonds. The van der Waals surface area contributed by atoms with Gasteiger partial charge in [-0.2, -0.15) is 0 Å². The molecule has 2 fully saturated rings. The van der Waals surface area contributed by atoms with Crippen molar-refractivity contribution in [1.29, 1.82) is 0 Å². The molecule has 1 N–H and O–H groups in total. The number of aliphatic hydroxyl groups excluding tert-OH is 1. The molecule has 3 heteroatoms. The first-order valence-electron chi connectivity index (χ1n) is 9.41. The van der Waals surface area contributed by atoms with Crippen molar-refractivity contribution in [2.45, 2.75) is 50.5 Å². The predicted octanol–water partition coefficient (Wildman–Crippen LogP) is 3.41. The molecule has 1 aliphatic carbocycles. The lowest BCUT2D eigenvalue weighted by Gasteiger charge is -2.32. The quantitative estimate of drug-likeness (QED) is 0.902. The maximum atomic E-state index is 10.5. The summed E-state index contributed by atoms with van der Waals surface area (Å²) in [6, 6.07) is 8.81. The fourth-order valence-electron chi connectivity index (χ4n) is 3.97. The molecule has 0 radical (unpaired) electrons. The third-order valence-corrected chi connectivity index (χ3v) is 5.71. The summed E-state index contributed by atoms with van der Waals surface area (Å²) < 4.78 is 0. The first kappa shape index (κ1) is 16.9. The monoisotopic (exact) mass is 316 g/mol. The molecule has 23 heavy (non-hydrogen) atoms. The van der Waals surface area contributed by atoms with E-state index in [4.69, 9.17) is 0 Å². The van der Waals surface area contributed by atoms with Crippen LogP contribution in [0.4, 0.5) is 0 Å². The average Bonchev–Trinajstić information content (AvgIpc) is 2.62. The second kappa shape index (κ2) is 8.27. The van der Waals surface area contributed by atoms with Crippen molar-refractivity contribution in [1.82, 2.24) is 9.80 Å². The van der Waals surface area contributed by atoms with Crippen LogP contribution in [0, 0.1) is 0 Å². The molecule has 1 saturated carbocycles. The van der Waals surface area contributed by atoms with Gasteiger partial charge in [-0.1, -0.05) is 43.5 Å². The first-order valence-corrected chi connectivity index (χ1v) is 9.41. The van der Waals surface area contributed by atoms with Crippen molar-refractivity contribution in [3.63, 3.8) is 0 Å². The third kappa shape index (κ3) is 4.79. The van der Waals surface area contributed by atoms with E-state index in [-0.39, 0.29) is 6.10 Å². The van der Waals surface area contributed by atoms with Crippen LogP contribution in [-0.2, 0) is 0 Å². The van der Waals surface area contributed by atoms with E-state index in [0.717, 1.165) is 50.6 Å². The van der Waals surface area contributed by atoms with Crippen LogP contribution in [0.2, 0.25) is 0 Å². The van der Waals surface area contributed by atoms with Crippen LogP contribution in [0.25, 0.3) is 0 Å². The zero-order valence-corrected chi connectivity index (χ0v) is 14.6. The number of likely N-dealkylation sites (N-methyl/N-ethyl adjacent to an activating group) is 1. The average molecular weight is 316 g/mol. The van der Waals surface area contributed by atoms with Crippen molar-refractivity contribution >= 4 is 0 Å². The van der Waals surface area contributed by atoms with Gasteiger partial charge in [0.2, 0.25) is 0 Å². The number of nitrogens with zero attached hydrogens (tertiary/aromatic N) is 2. The Kier molecular flexibility index (Phi) is 6.09. The number of hydrogen-bond acceptors (Lipinski definition) is 3. The number of rotatable bonds is 5. The Balaban J connectivity index is 1.48. The van der Waals surface area contributed by atoms with Gasteiger partial charge in [0, 0.05) is 32.7 Å². The highest BCUT2D eigenvalue weighted by molar-refractivity contribution is 5.27. The molecule has 1 aromatic rings. The van der Waals surface area contributed by atoms with E-state index in [1.807, 2.05) is 0 Å². The molecule has 1 aromatic carbocycles.